The van der Waals surface area contributed by atoms with Crippen LogP contribution in [0.4, 0.5) is 0 Å². The first-order valence-electron chi connectivity index (χ1n) is 2.11. The molecule has 0 aromatic carbocycles. The second-order valence-corrected chi connectivity index (χ2v) is 18.6. The molecule has 0 spiro atoms. The predicted molar refractivity (Wildman–Crippen MR) is 43.5 cm³/mol. The monoisotopic (exact) mass is 256 g/mol. The van der Waals surface area contributed by atoms with Crippen LogP contribution in [0.25, 0.3) is 0 Å². The molecule has 0 aliphatic carbocycles. The molecule has 0 aromatic rings. The Balaban J connectivity index is 3.62. The summed E-state index contributed by atoms with van der Waals surface area (Å²) in [6.45, 7) is 1.86. The standard InChI is InChI=1S/C3H6Cl4Ge/c1-3(2-4)8(5,6)7/h3H,2H2,1H3. The maximum absolute atomic E-state index is 5.62. The van der Waals surface area contributed by atoms with Crippen LogP contribution in [0.15, 0.2) is 0 Å². The molecule has 0 amide bonds. The Morgan fingerprint density at radius 3 is 1.75 bits per heavy atom. The van der Waals surface area contributed by atoms with E-state index in [0.717, 1.165) is 0 Å². The van der Waals surface area contributed by atoms with Crippen molar-refractivity contribution in [2.75, 3.05) is 5.88 Å². The fourth-order valence-electron chi connectivity index (χ4n) is 0.0875. The van der Waals surface area contributed by atoms with Crippen molar-refractivity contribution >= 4 is 52.1 Å². The summed E-state index contributed by atoms with van der Waals surface area (Å²) in [5.41, 5.74) is 0. The number of halogens is 4. The van der Waals surface area contributed by atoms with E-state index in [-0.39, 0.29) is 4.75 Å². The van der Waals surface area contributed by atoms with Crippen LogP contribution in [0.3, 0.4) is 0 Å². The molecular weight excluding hydrogens is 250 g/mol. The van der Waals surface area contributed by atoms with Crippen LogP contribution in [-0.4, -0.2) is 16.4 Å². The Hall–Kier alpha value is 1.70. The Bertz CT molecular complexity index is 68.2. The van der Waals surface area contributed by atoms with Crippen LogP contribution < -0.4 is 0 Å². The fourth-order valence-corrected chi connectivity index (χ4v) is 4.09. The second-order valence-electron chi connectivity index (χ2n) is 1.60. The van der Waals surface area contributed by atoms with Crippen molar-refractivity contribution in [1.29, 1.82) is 0 Å². The van der Waals surface area contributed by atoms with Crippen molar-refractivity contribution in [2.45, 2.75) is 11.7 Å². The van der Waals surface area contributed by atoms with Crippen LogP contribution in [0, 0.1) is 0 Å². The van der Waals surface area contributed by atoms with Gasteiger partial charge in [-0.3, -0.25) is 0 Å². The Morgan fingerprint density at radius 2 is 1.75 bits per heavy atom. The molecule has 5 heteroatoms. The molecule has 8 heavy (non-hydrogen) atoms. The van der Waals surface area contributed by atoms with E-state index in [4.69, 9.17) is 41.6 Å². The first-order valence-corrected chi connectivity index (χ1v) is 12.1. The normalized spacial score (nSPS) is 16.1. The molecule has 0 aliphatic rings. The molecule has 0 fully saturated rings. The summed E-state index contributed by atoms with van der Waals surface area (Å²) >= 11 is 5.43. The molecular formula is C3H6Cl4Ge. The van der Waals surface area contributed by atoms with E-state index in [1.807, 2.05) is 6.92 Å². The van der Waals surface area contributed by atoms with Gasteiger partial charge in [0.15, 0.2) is 0 Å². The van der Waals surface area contributed by atoms with Crippen molar-refractivity contribution in [3.8, 4) is 0 Å². The van der Waals surface area contributed by atoms with Crippen molar-refractivity contribution in [1.82, 2.24) is 0 Å². The zero-order valence-corrected chi connectivity index (χ0v) is 9.42. The van der Waals surface area contributed by atoms with Gasteiger partial charge in [-0.25, -0.2) is 0 Å². The van der Waals surface area contributed by atoms with Gasteiger partial charge in [0.05, 0.1) is 0 Å². The van der Waals surface area contributed by atoms with E-state index in [9.17, 15) is 0 Å². The van der Waals surface area contributed by atoms with Gasteiger partial charge in [-0.1, -0.05) is 0 Å². The molecule has 0 heterocycles. The predicted octanol–water partition coefficient (Wildman–Crippen LogP) is 3.27. The quantitative estimate of drug-likeness (QED) is 0.525. The molecule has 0 nitrogen and oxygen atoms in total. The van der Waals surface area contributed by atoms with Crippen molar-refractivity contribution in [2.24, 2.45) is 0 Å². The maximum atomic E-state index is 5.62. The summed E-state index contributed by atoms with van der Waals surface area (Å²) in [6.07, 6.45) is 0. The zero-order valence-electron chi connectivity index (χ0n) is 4.30. The third-order valence-corrected chi connectivity index (χ3v) is 10.4. The Labute approximate surface area is 69.3 Å². The first-order chi connectivity index (χ1) is 3.48. The van der Waals surface area contributed by atoms with Gasteiger partial charge in [-0.05, 0) is 0 Å². The molecule has 0 radical (unpaired) electrons. The third kappa shape index (κ3) is 3.68. The van der Waals surface area contributed by atoms with Crippen LogP contribution >= 0.6 is 41.6 Å². The van der Waals surface area contributed by atoms with Gasteiger partial charge in [0, 0.05) is 0 Å². The molecule has 0 bridgehead atoms. The number of rotatable bonds is 2. The van der Waals surface area contributed by atoms with Gasteiger partial charge in [-0.15, -0.1) is 0 Å². The van der Waals surface area contributed by atoms with Crippen molar-refractivity contribution in [3.05, 3.63) is 0 Å². The summed E-state index contributed by atoms with van der Waals surface area (Å²) in [5.74, 6) is 0.455. The molecule has 0 aromatic heterocycles. The van der Waals surface area contributed by atoms with Gasteiger partial charge in [0.2, 0.25) is 0 Å². The zero-order chi connectivity index (χ0) is 6.78. The summed E-state index contributed by atoms with van der Waals surface area (Å²) < 4.78 is 0.0988. The van der Waals surface area contributed by atoms with E-state index >= 15 is 0 Å². The van der Waals surface area contributed by atoms with Gasteiger partial charge in [0.1, 0.15) is 0 Å². The summed E-state index contributed by atoms with van der Waals surface area (Å²) in [6, 6.07) is 0. The number of alkyl halides is 1. The molecule has 0 N–H and O–H groups in total. The average molecular weight is 257 g/mol. The van der Waals surface area contributed by atoms with Gasteiger partial charge >= 0.3 is 69.7 Å². The van der Waals surface area contributed by atoms with E-state index in [1.54, 1.807) is 0 Å². The first kappa shape index (κ1) is 9.70. The van der Waals surface area contributed by atoms with Crippen LogP contribution in [-0.2, 0) is 0 Å². The van der Waals surface area contributed by atoms with E-state index in [1.165, 1.54) is 0 Å². The van der Waals surface area contributed by atoms with E-state index in [0.29, 0.717) is 5.88 Å². The minimum atomic E-state index is -2.92. The summed E-state index contributed by atoms with van der Waals surface area (Å²) in [7, 11) is 13.9. The van der Waals surface area contributed by atoms with Crippen LogP contribution in [0.1, 0.15) is 6.92 Å². The molecule has 50 valence electrons. The Morgan fingerprint density at radius 1 is 1.38 bits per heavy atom. The van der Waals surface area contributed by atoms with E-state index in [2.05, 4.69) is 0 Å². The van der Waals surface area contributed by atoms with E-state index < -0.39 is 10.5 Å². The summed E-state index contributed by atoms with van der Waals surface area (Å²) in [5, 5.41) is 0. The fraction of sp³-hybridized carbons (Fsp3) is 1.00. The van der Waals surface area contributed by atoms with Crippen molar-refractivity contribution in [3.63, 3.8) is 0 Å². The average Bonchev–Trinajstić information content (AvgIpc) is 1.62. The van der Waals surface area contributed by atoms with Crippen molar-refractivity contribution < 1.29 is 0 Å². The molecule has 0 saturated heterocycles. The summed E-state index contributed by atoms with van der Waals surface area (Å²) in [4.78, 5) is 0. The molecule has 0 aliphatic heterocycles. The van der Waals surface area contributed by atoms with Gasteiger partial charge < -0.3 is 0 Å². The molecule has 1 unspecified atom stereocenters. The van der Waals surface area contributed by atoms with Gasteiger partial charge in [0.25, 0.3) is 0 Å². The molecule has 1 atom stereocenters. The third-order valence-electron chi connectivity index (χ3n) is 0.790. The number of hydrogen-bond acceptors (Lipinski definition) is 0. The second kappa shape index (κ2) is 3.77. The SMILES string of the molecule is C[CH](CCl)[Ge]([Cl])([Cl])[Cl]. The topological polar surface area (TPSA) is 0 Å². The Kier molecular flexibility index (Phi) is 4.57. The molecule has 0 saturated carbocycles. The minimum absolute atomic E-state index is 0.0988. The van der Waals surface area contributed by atoms with Crippen LogP contribution in [0.5, 0.6) is 0 Å². The molecule has 0 rings (SSSR count). The number of hydrogen-bond donors (Lipinski definition) is 0. The van der Waals surface area contributed by atoms with Crippen LogP contribution in [0.2, 0.25) is 4.75 Å². The van der Waals surface area contributed by atoms with Gasteiger partial charge in [-0.2, -0.15) is 0 Å².